The normalized spacial score (nSPS) is 14.2. The van der Waals surface area contributed by atoms with Gasteiger partial charge in [-0.2, -0.15) is 0 Å². The summed E-state index contributed by atoms with van der Waals surface area (Å²) >= 11 is 1.69. The van der Waals surface area contributed by atoms with Gasteiger partial charge in [0.05, 0.1) is 17.7 Å². The summed E-state index contributed by atoms with van der Waals surface area (Å²) in [4.78, 5) is 20.5. The van der Waals surface area contributed by atoms with Gasteiger partial charge in [0.15, 0.2) is 0 Å². The maximum Gasteiger partial charge on any atom is 0.268 e. The maximum atomic E-state index is 13.5. The summed E-state index contributed by atoms with van der Waals surface area (Å²) in [6.45, 7) is 1.16. The summed E-state index contributed by atoms with van der Waals surface area (Å²) in [5.74, 6) is 0.585. The van der Waals surface area contributed by atoms with Gasteiger partial charge in [-0.05, 0) is 43.4 Å². The number of hydrogen-bond acceptors (Lipinski definition) is 5. The van der Waals surface area contributed by atoms with Gasteiger partial charge in [-0.15, -0.1) is 11.3 Å². The molecule has 0 saturated carbocycles. The Hall–Kier alpha value is -2.18. The van der Waals surface area contributed by atoms with Crippen molar-refractivity contribution in [2.75, 3.05) is 25.6 Å². The largest absolute Gasteiger partial charge is 0.383 e. The first-order valence-corrected chi connectivity index (χ1v) is 9.97. The lowest BCUT2D eigenvalue weighted by atomic mass is 10.1. The predicted molar refractivity (Wildman–Crippen MR) is 107 cm³/mol. The number of hydrogen-bond donors (Lipinski definition) is 1. The SMILES string of the molecule is COCCNc1nc2sc3c(c2c(=O)n1-c1ccccc1)CCCCC3. The predicted octanol–water partition coefficient (Wildman–Crippen LogP) is 3.77. The van der Waals surface area contributed by atoms with E-state index in [4.69, 9.17) is 9.72 Å². The van der Waals surface area contributed by atoms with E-state index in [0.717, 1.165) is 35.2 Å². The highest BCUT2D eigenvalue weighted by Gasteiger charge is 2.21. The van der Waals surface area contributed by atoms with Crippen LogP contribution in [0.5, 0.6) is 0 Å². The van der Waals surface area contributed by atoms with Gasteiger partial charge in [0.25, 0.3) is 5.56 Å². The number of anilines is 1. The van der Waals surface area contributed by atoms with Gasteiger partial charge in [0.1, 0.15) is 4.83 Å². The molecule has 136 valence electrons. The highest BCUT2D eigenvalue weighted by atomic mass is 32.1. The lowest BCUT2D eigenvalue weighted by Gasteiger charge is -2.14. The summed E-state index contributed by atoms with van der Waals surface area (Å²) < 4.78 is 6.84. The Morgan fingerprint density at radius 2 is 2.00 bits per heavy atom. The van der Waals surface area contributed by atoms with Gasteiger partial charge < -0.3 is 10.1 Å². The van der Waals surface area contributed by atoms with Gasteiger partial charge in [-0.3, -0.25) is 4.79 Å². The number of thiophene rings is 1. The molecule has 0 aliphatic heterocycles. The highest BCUT2D eigenvalue weighted by Crippen LogP contribution is 2.34. The number of benzene rings is 1. The van der Waals surface area contributed by atoms with E-state index in [0.29, 0.717) is 19.1 Å². The minimum absolute atomic E-state index is 0.0283. The Balaban J connectivity index is 1.92. The molecule has 0 radical (unpaired) electrons. The number of aryl methyl sites for hydroxylation is 2. The van der Waals surface area contributed by atoms with E-state index in [9.17, 15) is 4.79 Å². The van der Waals surface area contributed by atoms with Crippen LogP contribution >= 0.6 is 11.3 Å². The van der Waals surface area contributed by atoms with Gasteiger partial charge in [0.2, 0.25) is 5.95 Å². The second-order valence-corrected chi connectivity index (χ2v) is 7.66. The Kier molecular flexibility index (Phi) is 5.04. The zero-order valence-corrected chi connectivity index (χ0v) is 15.8. The van der Waals surface area contributed by atoms with Crippen molar-refractivity contribution >= 4 is 27.5 Å². The zero-order chi connectivity index (χ0) is 17.9. The number of nitrogens with zero attached hydrogens (tertiary/aromatic N) is 2. The third-order valence-electron chi connectivity index (χ3n) is 4.84. The number of ether oxygens (including phenoxy) is 1. The number of para-hydroxylation sites is 1. The Morgan fingerprint density at radius 1 is 1.19 bits per heavy atom. The molecule has 6 heteroatoms. The lowest BCUT2D eigenvalue weighted by molar-refractivity contribution is 0.210. The molecule has 3 aromatic rings. The summed E-state index contributed by atoms with van der Waals surface area (Å²) in [6, 6.07) is 9.73. The standard InChI is InChI=1S/C20H23N3O2S/c1-25-13-12-21-20-22-18-17(15-10-6-3-7-11-16(15)26-18)19(24)23(20)14-8-4-2-5-9-14/h2,4-5,8-9H,3,6-7,10-13H2,1H3,(H,21,22). The first-order valence-electron chi connectivity index (χ1n) is 9.15. The minimum atomic E-state index is 0.0283. The number of methoxy groups -OCH3 is 1. The summed E-state index contributed by atoms with van der Waals surface area (Å²) in [5, 5.41) is 4.08. The number of aromatic nitrogens is 2. The fourth-order valence-electron chi connectivity index (χ4n) is 3.58. The summed E-state index contributed by atoms with van der Waals surface area (Å²) in [7, 11) is 1.67. The highest BCUT2D eigenvalue weighted by molar-refractivity contribution is 7.18. The van der Waals surface area contributed by atoms with E-state index in [1.807, 2.05) is 30.3 Å². The van der Waals surface area contributed by atoms with Gasteiger partial charge in [0, 0.05) is 18.5 Å². The molecule has 2 aromatic heterocycles. The smallest absolute Gasteiger partial charge is 0.268 e. The van der Waals surface area contributed by atoms with Crippen LogP contribution in [0.25, 0.3) is 15.9 Å². The molecule has 0 atom stereocenters. The number of nitrogens with one attached hydrogen (secondary N) is 1. The van der Waals surface area contributed by atoms with Crippen LogP contribution < -0.4 is 10.9 Å². The first-order chi connectivity index (χ1) is 12.8. The van der Waals surface area contributed by atoms with Crippen LogP contribution in [0, 0.1) is 0 Å². The molecular formula is C20H23N3O2S. The molecule has 0 fully saturated rings. The van der Waals surface area contributed by atoms with E-state index in [2.05, 4.69) is 5.32 Å². The topological polar surface area (TPSA) is 56.1 Å². The average molecular weight is 369 g/mol. The van der Waals surface area contributed by atoms with Crippen molar-refractivity contribution in [3.63, 3.8) is 0 Å². The van der Waals surface area contributed by atoms with Crippen molar-refractivity contribution < 1.29 is 4.74 Å². The second-order valence-electron chi connectivity index (χ2n) is 6.58. The average Bonchev–Trinajstić information content (AvgIpc) is 2.84. The van der Waals surface area contributed by atoms with Crippen molar-refractivity contribution in [1.29, 1.82) is 0 Å². The molecule has 4 rings (SSSR count). The monoisotopic (exact) mass is 369 g/mol. The minimum Gasteiger partial charge on any atom is -0.383 e. The van der Waals surface area contributed by atoms with E-state index < -0.39 is 0 Å². The van der Waals surface area contributed by atoms with Crippen LogP contribution in [0.3, 0.4) is 0 Å². The van der Waals surface area contributed by atoms with E-state index in [1.54, 1.807) is 23.0 Å². The van der Waals surface area contributed by atoms with Crippen molar-refractivity contribution in [1.82, 2.24) is 9.55 Å². The fraction of sp³-hybridized carbons (Fsp3) is 0.400. The third-order valence-corrected chi connectivity index (χ3v) is 6.03. The van der Waals surface area contributed by atoms with Crippen LogP contribution in [0.4, 0.5) is 5.95 Å². The molecule has 0 spiro atoms. The molecule has 0 bridgehead atoms. The van der Waals surface area contributed by atoms with Crippen molar-refractivity contribution in [2.24, 2.45) is 0 Å². The Bertz CT molecular complexity index is 963. The fourth-order valence-corrected chi connectivity index (χ4v) is 4.83. The summed E-state index contributed by atoms with van der Waals surface area (Å²) in [5.41, 5.74) is 2.09. The molecule has 1 aliphatic rings. The van der Waals surface area contributed by atoms with Crippen molar-refractivity contribution in [3.8, 4) is 5.69 Å². The van der Waals surface area contributed by atoms with Crippen LogP contribution in [0.2, 0.25) is 0 Å². The molecule has 1 N–H and O–H groups in total. The van der Waals surface area contributed by atoms with Crippen molar-refractivity contribution in [2.45, 2.75) is 32.1 Å². The molecule has 1 aromatic carbocycles. The molecule has 0 unspecified atom stereocenters. The molecule has 26 heavy (non-hydrogen) atoms. The maximum absolute atomic E-state index is 13.5. The second kappa shape index (κ2) is 7.60. The lowest BCUT2D eigenvalue weighted by Crippen LogP contribution is -2.25. The van der Waals surface area contributed by atoms with Crippen LogP contribution in [-0.2, 0) is 17.6 Å². The molecule has 5 nitrogen and oxygen atoms in total. The van der Waals surface area contributed by atoms with Crippen LogP contribution in [0.1, 0.15) is 29.7 Å². The number of rotatable bonds is 5. The van der Waals surface area contributed by atoms with Gasteiger partial charge in [-0.25, -0.2) is 9.55 Å². The first kappa shape index (κ1) is 17.2. The molecule has 1 aliphatic carbocycles. The molecule has 0 amide bonds. The van der Waals surface area contributed by atoms with Crippen molar-refractivity contribution in [3.05, 3.63) is 51.1 Å². The van der Waals surface area contributed by atoms with Gasteiger partial charge in [-0.1, -0.05) is 24.6 Å². The molecule has 2 heterocycles. The van der Waals surface area contributed by atoms with E-state index in [-0.39, 0.29) is 5.56 Å². The van der Waals surface area contributed by atoms with E-state index in [1.165, 1.54) is 23.3 Å². The van der Waals surface area contributed by atoms with Crippen LogP contribution in [0.15, 0.2) is 35.1 Å². The molecular weight excluding hydrogens is 346 g/mol. The van der Waals surface area contributed by atoms with Gasteiger partial charge >= 0.3 is 0 Å². The van der Waals surface area contributed by atoms with E-state index >= 15 is 0 Å². The van der Waals surface area contributed by atoms with Crippen LogP contribution in [-0.4, -0.2) is 29.8 Å². The number of fused-ring (bicyclic) bond motifs is 3. The molecule has 0 saturated heterocycles. The quantitative estimate of drug-likeness (QED) is 0.549. The Morgan fingerprint density at radius 3 is 2.81 bits per heavy atom. The third kappa shape index (κ3) is 3.15. The summed E-state index contributed by atoms with van der Waals surface area (Å²) in [6.07, 6.45) is 5.63. The Labute approximate surface area is 156 Å². The zero-order valence-electron chi connectivity index (χ0n) is 15.0.